The van der Waals surface area contributed by atoms with Crippen molar-refractivity contribution >= 4 is 47.0 Å². The lowest BCUT2D eigenvalue weighted by atomic mass is 9.81. The molecule has 1 aromatic rings. The number of fused-ring (bicyclic) bond motifs is 1. The van der Waals surface area contributed by atoms with Gasteiger partial charge in [-0.15, -0.1) is 0 Å². The maximum atomic E-state index is 13.8. The number of carbonyl (C=O) groups is 5. The van der Waals surface area contributed by atoms with Crippen LogP contribution in [0, 0.1) is 10.8 Å². The summed E-state index contributed by atoms with van der Waals surface area (Å²) in [5, 5.41) is 17.1. The summed E-state index contributed by atoms with van der Waals surface area (Å²) in [6.07, 6.45) is 8.14. The Labute approximate surface area is 457 Å². The molecule has 3 unspecified atom stereocenters. The number of rotatable bonds is 42. The third-order valence-corrected chi connectivity index (χ3v) is 13.1. The molecule has 438 valence electrons. The monoisotopic (exact) mass is 1110 g/mol. The minimum atomic E-state index is -0.793. The van der Waals surface area contributed by atoms with Gasteiger partial charge >= 0.3 is 5.90 Å². The molecule has 5 N–H and O–H groups in total. The second-order valence-electron chi connectivity index (χ2n) is 19.4. The van der Waals surface area contributed by atoms with Crippen molar-refractivity contribution in [3.63, 3.8) is 0 Å². The van der Waals surface area contributed by atoms with Crippen LogP contribution in [0.2, 0.25) is 0 Å². The molecule has 1 aliphatic carbocycles. The fraction of sp³-hybridized carbons (Fsp3) is 0.736. The highest BCUT2D eigenvalue weighted by atomic mass is 16.7. The Morgan fingerprint density at radius 3 is 1.77 bits per heavy atom. The van der Waals surface area contributed by atoms with Crippen LogP contribution in [-0.2, 0) is 77.8 Å². The molecule has 0 bridgehead atoms. The van der Waals surface area contributed by atoms with Crippen molar-refractivity contribution < 1.29 is 86.0 Å². The molecule has 5 amide bonds. The van der Waals surface area contributed by atoms with Crippen LogP contribution in [0.1, 0.15) is 75.3 Å². The fourth-order valence-electron chi connectivity index (χ4n) is 8.99. The normalized spacial score (nSPS) is 20.1. The first-order valence-corrected chi connectivity index (χ1v) is 27.3. The first kappa shape index (κ1) is 63.6. The summed E-state index contributed by atoms with van der Waals surface area (Å²) < 4.78 is 56.6. The number of amidine groups is 1. The summed E-state index contributed by atoms with van der Waals surface area (Å²) >= 11 is 0. The van der Waals surface area contributed by atoms with Gasteiger partial charge in [-0.05, 0) is 39.2 Å². The van der Waals surface area contributed by atoms with Gasteiger partial charge in [0.15, 0.2) is 13.2 Å². The number of aliphatic hydroxyl groups is 1. The number of ether oxygens (including phenoxy) is 10. The van der Waals surface area contributed by atoms with E-state index in [-0.39, 0.29) is 61.9 Å². The molecule has 78 heavy (non-hydrogen) atoms. The van der Waals surface area contributed by atoms with Crippen LogP contribution in [-0.4, -0.2) is 243 Å². The maximum absolute atomic E-state index is 13.8. The largest absolute Gasteiger partial charge is 0.460 e. The Morgan fingerprint density at radius 2 is 1.26 bits per heavy atom. The number of piperidine rings is 1. The predicted octanol–water partition coefficient (Wildman–Crippen LogP) is 1.06. The average molecular weight is 1110 g/mol. The molecule has 1 saturated heterocycles. The van der Waals surface area contributed by atoms with Gasteiger partial charge in [0.1, 0.15) is 17.8 Å². The zero-order chi connectivity index (χ0) is 55.9. The van der Waals surface area contributed by atoms with Crippen LogP contribution >= 0.6 is 0 Å². The highest BCUT2D eigenvalue weighted by Crippen LogP contribution is 2.52. The molecule has 4 aliphatic rings. The minimum Gasteiger partial charge on any atom is -0.460 e. The standard InChI is InChI=1S/C53H84N8O17/c1-4-12-61(78-5-2)51(67)52(3)35-43-42(57-45(54)37-52)34-41(38-56-43)50(66)59-13-6-10-53(40-59)36-44(53)58-46(62)9-14-68-16-18-70-20-22-72-24-26-74-28-30-76-32-33-77-31-29-75-27-25-73-23-21-71-19-17-69-15-11-55-47(63)39-60-48(64)7-8-49(60)65/h7-8,34,38,44H,4-6,9-33,35-37,39-40H2,1-3H3,(H4,54,55,57,58,62,63)/p+1. The number of hydroxylamine groups is 1. The lowest BCUT2D eigenvalue weighted by Gasteiger charge is -2.34. The Morgan fingerprint density at radius 1 is 0.744 bits per heavy atom. The fourth-order valence-corrected chi connectivity index (χ4v) is 8.99. The molecule has 25 nitrogen and oxygen atoms in total. The van der Waals surface area contributed by atoms with E-state index in [1.54, 1.807) is 12.3 Å². The molecule has 3 atom stereocenters. The van der Waals surface area contributed by atoms with E-state index in [1.807, 2.05) is 25.7 Å². The highest BCUT2D eigenvalue weighted by Gasteiger charge is 2.57. The number of amides is 5. The van der Waals surface area contributed by atoms with E-state index in [0.717, 1.165) is 42.7 Å². The molecular weight excluding hydrogens is 1020 g/mol. The van der Waals surface area contributed by atoms with Crippen molar-refractivity contribution in [2.24, 2.45) is 21.6 Å². The van der Waals surface area contributed by atoms with Crippen LogP contribution in [0.15, 0.2) is 29.4 Å². The van der Waals surface area contributed by atoms with Crippen molar-refractivity contribution in [2.75, 3.05) is 171 Å². The van der Waals surface area contributed by atoms with Crippen molar-refractivity contribution in [3.05, 3.63) is 35.7 Å². The quantitative estimate of drug-likeness (QED) is 0.0178. The number of hydrogen-bond acceptors (Lipinski definition) is 19. The highest BCUT2D eigenvalue weighted by molar-refractivity contribution is 6.14. The predicted molar refractivity (Wildman–Crippen MR) is 282 cm³/mol. The van der Waals surface area contributed by atoms with E-state index in [1.165, 1.54) is 4.74 Å². The molecule has 1 aromatic heterocycles. The summed E-state index contributed by atoms with van der Waals surface area (Å²) in [6.45, 7) is 15.9. The number of carbonyl (C=O) groups excluding carboxylic acids is 5. The van der Waals surface area contributed by atoms with Gasteiger partial charge in [0.2, 0.25) is 11.8 Å². The summed E-state index contributed by atoms with van der Waals surface area (Å²) in [5.74, 6) is -1.22. The lowest BCUT2D eigenvalue weighted by Crippen LogP contribution is -2.44. The number of aromatic nitrogens is 1. The number of nitrogens with two attached hydrogens (primary N) is 1. The van der Waals surface area contributed by atoms with Crippen LogP contribution in [0.3, 0.4) is 0 Å². The average Bonchev–Trinajstić information content (AvgIpc) is 4.11. The molecule has 1 saturated carbocycles. The summed E-state index contributed by atoms with van der Waals surface area (Å²) in [5.41, 5.74) is 7.04. The number of aliphatic hydroxyl groups excluding tert-OH is 1. The molecule has 25 heteroatoms. The smallest absolute Gasteiger partial charge is 0.389 e. The van der Waals surface area contributed by atoms with Crippen molar-refractivity contribution in [1.29, 1.82) is 0 Å². The summed E-state index contributed by atoms with van der Waals surface area (Å²) in [4.78, 5) is 79.2. The minimum absolute atomic E-state index is 0.00568. The van der Waals surface area contributed by atoms with Crippen LogP contribution in [0.25, 0.3) is 0 Å². The molecule has 2 fully saturated rings. The number of aliphatic imine (C=N–C) groups is 1. The van der Waals surface area contributed by atoms with Gasteiger partial charge in [-0.25, -0.2) is 4.99 Å². The lowest BCUT2D eigenvalue weighted by molar-refractivity contribution is -0.793. The van der Waals surface area contributed by atoms with Crippen LogP contribution in [0.4, 0.5) is 5.69 Å². The first-order chi connectivity index (χ1) is 37.9. The van der Waals surface area contributed by atoms with E-state index in [9.17, 15) is 29.1 Å². The molecule has 1 spiro atoms. The van der Waals surface area contributed by atoms with E-state index < -0.39 is 23.1 Å². The van der Waals surface area contributed by atoms with Gasteiger partial charge in [0.05, 0.1) is 149 Å². The van der Waals surface area contributed by atoms with Crippen LogP contribution < -0.4 is 16.4 Å². The van der Waals surface area contributed by atoms with Gasteiger partial charge in [-0.2, -0.15) is 0 Å². The van der Waals surface area contributed by atoms with Gasteiger partial charge in [0.25, 0.3) is 17.7 Å². The van der Waals surface area contributed by atoms with Crippen LogP contribution in [0.5, 0.6) is 0 Å². The second-order valence-corrected chi connectivity index (χ2v) is 19.4. The zero-order valence-corrected chi connectivity index (χ0v) is 46.0. The number of likely N-dealkylation sites (tertiary alicyclic amines) is 1. The Bertz CT molecular complexity index is 2110. The Kier molecular flexibility index (Phi) is 28.9. The van der Waals surface area contributed by atoms with E-state index in [4.69, 9.17) is 57.9 Å². The van der Waals surface area contributed by atoms with Gasteiger partial charge in [-0.3, -0.25) is 38.7 Å². The van der Waals surface area contributed by atoms with Crippen molar-refractivity contribution in [3.8, 4) is 0 Å². The third kappa shape index (κ3) is 22.5. The van der Waals surface area contributed by atoms with Crippen molar-refractivity contribution in [2.45, 2.75) is 71.8 Å². The number of pyridine rings is 1. The molecular formula is C53H85N8O17+. The first-order valence-electron chi connectivity index (χ1n) is 27.3. The molecule has 0 aromatic carbocycles. The molecule has 5 rings (SSSR count). The number of hydrogen-bond donors (Lipinski definition) is 4. The Hall–Kier alpha value is -5.22. The SMILES string of the molecule is CCC/[N+](OCC)=C(/O)C1(C)CC(N)=Nc2cc(C(=O)N3CCCC4(CC4NC(=O)CCOCCOCCOCCOCCOCCOCCOCCOCCOCCOCCNC(=O)CN4C(=O)C=CC4=O)C3)cnc2C1. The third-order valence-electron chi connectivity index (χ3n) is 13.1. The van der Waals surface area contributed by atoms with Gasteiger partial charge < -0.3 is 73.7 Å². The maximum Gasteiger partial charge on any atom is 0.389 e. The molecule has 3 aliphatic heterocycles. The van der Waals surface area contributed by atoms with E-state index >= 15 is 0 Å². The summed E-state index contributed by atoms with van der Waals surface area (Å²) in [6, 6.07) is 1.75. The summed E-state index contributed by atoms with van der Waals surface area (Å²) in [7, 11) is 0. The second kappa shape index (κ2) is 35.4. The van der Waals surface area contributed by atoms with E-state index in [0.29, 0.717) is 181 Å². The Balaban J connectivity index is 0.751. The van der Waals surface area contributed by atoms with E-state index in [2.05, 4.69) is 20.6 Å². The van der Waals surface area contributed by atoms with Gasteiger partial charge in [-0.1, -0.05) is 6.92 Å². The zero-order valence-electron chi connectivity index (χ0n) is 46.0. The number of imide groups is 1. The topological polar surface area (TPSA) is 292 Å². The molecule has 4 heterocycles. The number of nitrogens with one attached hydrogen (secondary N) is 2. The van der Waals surface area contributed by atoms with Gasteiger partial charge in [0, 0.05) is 79.9 Å². The molecule has 0 radical (unpaired) electrons. The number of nitrogens with zero attached hydrogens (tertiary/aromatic N) is 5. The van der Waals surface area contributed by atoms with Crippen molar-refractivity contribution in [1.82, 2.24) is 25.4 Å².